The minimum atomic E-state index is -0.642. The van der Waals surface area contributed by atoms with Gasteiger partial charge in [-0.3, -0.25) is 14.6 Å². The first-order valence-electron chi connectivity index (χ1n) is 6.73. The van der Waals surface area contributed by atoms with Crippen molar-refractivity contribution >= 4 is 5.91 Å². The summed E-state index contributed by atoms with van der Waals surface area (Å²) in [6.45, 7) is 12.4. The van der Waals surface area contributed by atoms with Gasteiger partial charge in [-0.2, -0.15) is 0 Å². The average molecular weight is 257 g/mol. The number of nitrogens with zero attached hydrogens (tertiary/aromatic N) is 2. The minimum Gasteiger partial charge on any atom is -0.389 e. The molecule has 1 rings (SSSR count). The SMILES string of the molecule is CC(C)NC(=O)CN1CCN(CC(C)(C)O)CC1. The lowest BCUT2D eigenvalue weighted by molar-refractivity contribution is -0.123. The Kier molecular flexibility index (Phi) is 5.56. The first-order chi connectivity index (χ1) is 8.26. The molecule has 18 heavy (non-hydrogen) atoms. The Bertz CT molecular complexity index is 266. The number of carbonyl (C=O) groups is 1. The summed E-state index contributed by atoms with van der Waals surface area (Å²) >= 11 is 0. The largest absolute Gasteiger partial charge is 0.389 e. The van der Waals surface area contributed by atoms with Crippen LogP contribution in [0.4, 0.5) is 0 Å². The van der Waals surface area contributed by atoms with Crippen LogP contribution in [0.3, 0.4) is 0 Å². The molecule has 0 unspecified atom stereocenters. The zero-order valence-corrected chi connectivity index (χ0v) is 12.1. The van der Waals surface area contributed by atoms with E-state index < -0.39 is 5.60 Å². The molecule has 0 saturated carbocycles. The number of nitrogens with one attached hydrogen (secondary N) is 1. The molecule has 1 saturated heterocycles. The summed E-state index contributed by atoms with van der Waals surface area (Å²) < 4.78 is 0. The summed E-state index contributed by atoms with van der Waals surface area (Å²) in [6.07, 6.45) is 0. The first-order valence-corrected chi connectivity index (χ1v) is 6.73. The Morgan fingerprint density at radius 3 is 2.17 bits per heavy atom. The standard InChI is InChI=1S/C13H27N3O2/c1-11(2)14-12(17)9-15-5-7-16(8-6-15)10-13(3,4)18/h11,18H,5-10H2,1-4H3,(H,14,17). The van der Waals surface area contributed by atoms with E-state index in [-0.39, 0.29) is 11.9 Å². The van der Waals surface area contributed by atoms with Crippen LogP contribution in [0.5, 0.6) is 0 Å². The maximum Gasteiger partial charge on any atom is 0.234 e. The number of carbonyl (C=O) groups excluding carboxylic acids is 1. The third-order valence-electron chi connectivity index (χ3n) is 2.89. The minimum absolute atomic E-state index is 0.0981. The van der Waals surface area contributed by atoms with Crippen LogP contribution in [-0.4, -0.2) is 71.7 Å². The maximum atomic E-state index is 11.6. The fourth-order valence-corrected chi connectivity index (χ4v) is 2.22. The second kappa shape index (κ2) is 6.50. The molecule has 0 atom stereocenters. The molecule has 0 aromatic carbocycles. The van der Waals surface area contributed by atoms with Gasteiger partial charge in [-0.05, 0) is 27.7 Å². The second-order valence-corrected chi connectivity index (χ2v) is 6.09. The molecule has 2 N–H and O–H groups in total. The highest BCUT2D eigenvalue weighted by Gasteiger charge is 2.23. The summed E-state index contributed by atoms with van der Waals surface area (Å²) in [7, 11) is 0. The number of rotatable bonds is 5. The molecule has 0 spiro atoms. The van der Waals surface area contributed by atoms with Gasteiger partial charge >= 0.3 is 0 Å². The van der Waals surface area contributed by atoms with Crippen molar-refractivity contribution in [3.05, 3.63) is 0 Å². The zero-order chi connectivity index (χ0) is 13.8. The summed E-state index contributed by atoms with van der Waals surface area (Å²) in [4.78, 5) is 16.0. The quantitative estimate of drug-likeness (QED) is 0.722. The monoisotopic (exact) mass is 257 g/mol. The molecular formula is C13H27N3O2. The van der Waals surface area contributed by atoms with Gasteiger partial charge in [0.05, 0.1) is 12.1 Å². The van der Waals surface area contributed by atoms with Gasteiger partial charge in [-0.1, -0.05) is 0 Å². The van der Waals surface area contributed by atoms with E-state index in [2.05, 4.69) is 15.1 Å². The third kappa shape index (κ3) is 6.33. The van der Waals surface area contributed by atoms with Crippen molar-refractivity contribution in [2.24, 2.45) is 0 Å². The predicted octanol–water partition coefficient (Wildman–Crippen LogP) is -0.100. The van der Waals surface area contributed by atoms with E-state index in [4.69, 9.17) is 0 Å². The highest BCUT2D eigenvalue weighted by molar-refractivity contribution is 5.78. The van der Waals surface area contributed by atoms with Crippen molar-refractivity contribution < 1.29 is 9.90 Å². The number of amides is 1. The van der Waals surface area contributed by atoms with E-state index in [1.807, 2.05) is 27.7 Å². The van der Waals surface area contributed by atoms with E-state index in [1.165, 1.54) is 0 Å². The topological polar surface area (TPSA) is 55.8 Å². The molecule has 1 aliphatic rings. The first kappa shape index (κ1) is 15.4. The molecule has 106 valence electrons. The molecule has 0 aliphatic carbocycles. The Balaban J connectivity index is 2.25. The molecule has 0 aromatic rings. The molecule has 1 amide bonds. The Hall–Kier alpha value is -0.650. The number of piperazine rings is 1. The average Bonchev–Trinajstić information content (AvgIpc) is 2.17. The summed E-state index contributed by atoms with van der Waals surface area (Å²) in [5.74, 6) is 0.0981. The fourth-order valence-electron chi connectivity index (χ4n) is 2.22. The summed E-state index contributed by atoms with van der Waals surface area (Å²) in [5.41, 5.74) is -0.642. The van der Waals surface area contributed by atoms with Crippen LogP contribution in [0.2, 0.25) is 0 Å². The summed E-state index contributed by atoms with van der Waals surface area (Å²) in [5, 5.41) is 12.7. The molecule has 1 fully saturated rings. The number of β-amino-alcohol motifs (C(OH)–C–C–N with tert-alkyl or cyclic N) is 1. The molecule has 1 heterocycles. The van der Waals surface area contributed by atoms with Gasteiger partial charge < -0.3 is 10.4 Å². The maximum absolute atomic E-state index is 11.6. The summed E-state index contributed by atoms with van der Waals surface area (Å²) in [6, 6.07) is 0.203. The van der Waals surface area contributed by atoms with E-state index in [1.54, 1.807) is 0 Å². The molecule has 1 aliphatic heterocycles. The van der Waals surface area contributed by atoms with Crippen LogP contribution in [0.1, 0.15) is 27.7 Å². The molecular weight excluding hydrogens is 230 g/mol. The van der Waals surface area contributed by atoms with Crippen molar-refractivity contribution in [3.8, 4) is 0 Å². The van der Waals surface area contributed by atoms with Gasteiger partial charge in [-0.25, -0.2) is 0 Å². The van der Waals surface area contributed by atoms with E-state index in [0.29, 0.717) is 13.1 Å². The van der Waals surface area contributed by atoms with Crippen molar-refractivity contribution in [1.82, 2.24) is 15.1 Å². The molecule has 0 aromatic heterocycles. The van der Waals surface area contributed by atoms with Gasteiger partial charge in [0, 0.05) is 38.8 Å². The highest BCUT2D eigenvalue weighted by atomic mass is 16.3. The van der Waals surface area contributed by atoms with Crippen molar-refractivity contribution in [2.75, 3.05) is 39.3 Å². The van der Waals surface area contributed by atoms with E-state index >= 15 is 0 Å². The van der Waals surface area contributed by atoms with Crippen molar-refractivity contribution in [2.45, 2.75) is 39.3 Å². The third-order valence-corrected chi connectivity index (χ3v) is 2.89. The van der Waals surface area contributed by atoms with Gasteiger partial charge in [0.1, 0.15) is 0 Å². The lowest BCUT2D eigenvalue weighted by Crippen LogP contribution is -2.52. The Labute approximate surface area is 110 Å². The van der Waals surface area contributed by atoms with Crippen molar-refractivity contribution in [3.63, 3.8) is 0 Å². The van der Waals surface area contributed by atoms with Gasteiger partial charge in [0.2, 0.25) is 5.91 Å². The lowest BCUT2D eigenvalue weighted by atomic mass is 10.1. The van der Waals surface area contributed by atoms with Crippen LogP contribution in [-0.2, 0) is 4.79 Å². The molecule has 5 heteroatoms. The Morgan fingerprint density at radius 2 is 1.72 bits per heavy atom. The van der Waals surface area contributed by atoms with Crippen LogP contribution < -0.4 is 5.32 Å². The molecule has 0 bridgehead atoms. The van der Waals surface area contributed by atoms with Gasteiger partial charge in [0.25, 0.3) is 0 Å². The second-order valence-electron chi connectivity index (χ2n) is 6.09. The van der Waals surface area contributed by atoms with E-state index in [9.17, 15) is 9.90 Å². The van der Waals surface area contributed by atoms with Gasteiger partial charge in [-0.15, -0.1) is 0 Å². The normalized spacial score (nSPS) is 19.2. The lowest BCUT2D eigenvalue weighted by Gasteiger charge is -2.37. The van der Waals surface area contributed by atoms with Crippen LogP contribution in [0, 0.1) is 0 Å². The highest BCUT2D eigenvalue weighted by Crippen LogP contribution is 2.08. The van der Waals surface area contributed by atoms with E-state index in [0.717, 1.165) is 26.2 Å². The zero-order valence-electron chi connectivity index (χ0n) is 12.1. The number of aliphatic hydroxyl groups is 1. The van der Waals surface area contributed by atoms with Crippen LogP contribution in [0.15, 0.2) is 0 Å². The van der Waals surface area contributed by atoms with Crippen LogP contribution in [0.25, 0.3) is 0 Å². The Morgan fingerprint density at radius 1 is 1.22 bits per heavy atom. The molecule has 5 nitrogen and oxygen atoms in total. The number of hydrogen-bond acceptors (Lipinski definition) is 4. The van der Waals surface area contributed by atoms with Crippen molar-refractivity contribution in [1.29, 1.82) is 0 Å². The molecule has 0 radical (unpaired) electrons. The number of hydrogen-bond donors (Lipinski definition) is 2. The van der Waals surface area contributed by atoms with Gasteiger partial charge in [0.15, 0.2) is 0 Å². The fraction of sp³-hybridized carbons (Fsp3) is 0.923. The van der Waals surface area contributed by atoms with Crippen LogP contribution >= 0.6 is 0 Å². The smallest absolute Gasteiger partial charge is 0.234 e. The predicted molar refractivity (Wildman–Crippen MR) is 72.5 cm³/mol.